The summed E-state index contributed by atoms with van der Waals surface area (Å²) < 4.78 is 51.2. The van der Waals surface area contributed by atoms with Crippen LogP contribution < -0.4 is 5.32 Å². The number of hydrogen-bond acceptors (Lipinski definition) is 3. The lowest BCUT2D eigenvalue weighted by atomic mass is 10.1. The molecule has 134 valence electrons. The number of carbonyl (C=O) groups excluding carboxylic acids is 1. The molecule has 0 heterocycles. The maximum Gasteiger partial charge on any atom is 0.239 e. The highest BCUT2D eigenvalue weighted by molar-refractivity contribution is 7.88. The third-order valence-corrected chi connectivity index (χ3v) is 4.76. The van der Waals surface area contributed by atoms with Crippen LogP contribution in [0, 0.1) is 11.6 Å². The molecule has 2 aromatic rings. The highest BCUT2D eigenvalue weighted by Crippen LogP contribution is 2.11. The zero-order valence-corrected chi connectivity index (χ0v) is 14.4. The van der Waals surface area contributed by atoms with E-state index in [9.17, 15) is 22.0 Å². The molecule has 0 aromatic heterocycles. The molecule has 2 rings (SSSR count). The number of carbonyl (C=O) groups is 1. The molecule has 1 amide bonds. The highest BCUT2D eigenvalue weighted by atomic mass is 32.2. The minimum atomic E-state index is -3.65. The first-order chi connectivity index (χ1) is 11.8. The van der Waals surface area contributed by atoms with Crippen molar-refractivity contribution in [3.63, 3.8) is 0 Å². The van der Waals surface area contributed by atoms with E-state index in [0.29, 0.717) is 11.3 Å². The fourth-order valence-corrected chi connectivity index (χ4v) is 2.98. The molecule has 25 heavy (non-hydrogen) atoms. The van der Waals surface area contributed by atoms with Gasteiger partial charge in [-0.25, -0.2) is 17.2 Å². The average molecular weight is 368 g/mol. The Morgan fingerprint density at radius 3 is 2.32 bits per heavy atom. The van der Waals surface area contributed by atoms with Crippen molar-refractivity contribution in [2.75, 3.05) is 24.7 Å². The normalized spacial score (nSPS) is 11.5. The fourth-order valence-electron chi connectivity index (χ4n) is 2.20. The molecule has 5 nitrogen and oxygen atoms in total. The van der Waals surface area contributed by atoms with E-state index in [1.165, 1.54) is 30.3 Å². The molecular weight excluding hydrogens is 350 g/mol. The topological polar surface area (TPSA) is 66.5 Å². The summed E-state index contributed by atoms with van der Waals surface area (Å²) in [5.74, 6) is -1.43. The van der Waals surface area contributed by atoms with E-state index in [-0.39, 0.29) is 13.0 Å². The maximum absolute atomic E-state index is 13.6. The predicted molar refractivity (Wildman–Crippen MR) is 91.6 cm³/mol. The zero-order valence-electron chi connectivity index (χ0n) is 13.6. The van der Waals surface area contributed by atoms with Gasteiger partial charge in [0.15, 0.2) is 0 Å². The summed E-state index contributed by atoms with van der Waals surface area (Å²) in [5.41, 5.74) is 0.726. The van der Waals surface area contributed by atoms with E-state index < -0.39 is 34.1 Å². The van der Waals surface area contributed by atoms with Crippen LogP contribution in [-0.2, 0) is 21.2 Å². The van der Waals surface area contributed by atoms with Gasteiger partial charge in [0.1, 0.15) is 11.6 Å². The lowest BCUT2D eigenvalue weighted by Crippen LogP contribution is -2.38. The van der Waals surface area contributed by atoms with Gasteiger partial charge in [-0.1, -0.05) is 18.2 Å². The molecule has 0 aliphatic heterocycles. The zero-order chi connectivity index (χ0) is 18.4. The van der Waals surface area contributed by atoms with Crippen molar-refractivity contribution >= 4 is 21.6 Å². The van der Waals surface area contributed by atoms with Crippen LogP contribution in [-0.4, -0.2) is 38.0 Å². The molecule has 0 bridgehead atoms. The Hall–Kier alpha value is -2.32. The summed E-state index contributed by atoms with van der Waals surface area (Å²) in [7, 11) is -3.65. The molecular formula is C17H18F2N2O3S. The molecule has 1 N–H and O–H groups in total. The summed E-state index contributed by atoms with van der Waals surface area (Å²) in [5, 5.41) is 2.50. The number of rotatable bonds is 7. The van der Waals surface area contributed by atoms with E-state index in [0.717, 1.165) is 10.6 Å². The minimum absolute atomic E-state index is 0.0311. The van der Waals surface area contributed by atoms with Crippen molar-refractivity contribution in [1.29, 1.82) is 0 Å². The first kappa shape index (κ1) is 19.0. The van der Waals surface area contributed by atoms with E-state index in [2.05, 4.69) is 5.32 Å². The molecule has 0 saturated carbocycles. The molecule has 0 aliphatic carbocycles. The van der Waals surface area contributed by atoms with Crippen LogP contribution in [0.25, 0.3) is 0 Å². The van der Waals surface area contributed by atoms with E-state index in [1.807, 2.05) is 0 Å². The van der Waals surface area contributed by atoms with Crippen LogP contribution in [0.3, 0.4) is 0 Å². The van der Waals surface area contributed by atoms with E-state index in [4.69, 9.17) is 0 Å². The third-order valence-electron chi connectivity index (χ3n) is 3.51. The highest BCUT2D eigenvalue weighted by Gasteiger charge is 2.20. The number of hydrogen-bond donors (Lipinski definition) is 1. The second-order valence-corrected chi connectivity index (χ2v) is 7.48. The summed E-state index contributed by atoms with van der Waals surface area (Å²) >= 11 is 0. The van der Waals surface area contributed by atoms with Crippen molar-refractivity contribution in [1.82, 2.24) is 4.31 Å². The summed E-state index contributed by atoms with van der Waals surface area (Å²) in [6.45, 7) is -0.443. The van der Waals surface area contributed by atoms with Gasteiger partial charge in [-0.15, -0.1) is 0 Å². The van der Waals surface area contributed by atoms with Gasteiger partial charge in [-0.3, -0.25) is 4.79 Å². The summed E-state index contributed by atoms with van der Waals surface area (Å²) in [6, 6.07) is 11.2. The smallest absolute Gasteiger partial charge is 0.239 e. The van der Waals surface area contributed by atoms with Crippen LogP contribution in [0.1, 0.15) is 5.56 Å². The Kier molecular flexibility index (Phi) is 6.22. The molecule has 0 aliphatic rings. The average Bonchev–Trinajstić information content (AvgIpc) is 2.54. The number of benzene rings is 2. The number of nitrogens with zero attached hydrogens (tertiary/aromatic N) is 1. The first-order valence-corrected chi connectivity index (χ1v) is 9.34. The van der Waals surface area contributed by atoms with Crippen molar-refractivity contribution in [2.45, 2.75) is 6.42 Å². The molecule has 2 aromatic carbocycles. The Bertz CT molecular complexity index is 839. The molecule has 0 saturated heterocycles. The Morgan fingerprint density at radius 2 is 1.72 bits per heavy atom. The van der Waals surface area contributed by atoms with Crippen LogP contribution in [0.4, 0.5) is 14.5 Å². The van der Waals surface area contributed by atoms with Gasteiger partial charge >= 0.3 is 0 Å². The van der Waals surface area contributed by atoms with Gasteiger partial charge in [-0.05, 0) is 42.3 Å². The van der Waals surface area contributed by atoms with Crippen LogP contribution in [0.2, 0.25) is 0 Å². The van der Waals surface area contributed by atoms with Crippen LogP contribution in [0.5, 0.6) is 0 Å². The monoisotopic (exact) mass is 368 g/mol. The van der Waals surface area contributed by atoms with E-state index >= 15 is 0 Å². The number of nitrogens with one attached hydrogen (secondary N) is 1. The van der Waals surface area contributed by atoms with Gasteiger partial charge in [0.05, 0.1) is 12.8 Å². The second-order valence-electron chi connectivity index (χ2n) is 5.49. The van der Waals surface area contributed by atoms with Gasteiger partial charge in [0.25, 0.3) is 0 Å². The lowest BCUT2D eigenvalue weighted by molar-refractivity contribution is -0.116. The quantitative estimate of drug-likeness (QED) is 0.816. The van der Waals surface area contributed by atoms with Crippen molar-refractivity contribution in [2.24, 2.45) is 0 Å². The van der Waals surface area contributed by atoms with Gasteiger partial charge < -0.3 is 5.32 Å². The molecule has 0 unspecified atom stereocenters. The van der Waals surface area contributed by atoms with Gasteiger partial charge in [0.2, 0.25) is 15.9 Å². The fraction of sp³-hybridized carbons (Fsp3) is 0.235. The molecule has 0 fully saturated rings. The summed E-state index contributed by atoms with van der Waals surface area (Å²) in [6.07, 6.45) is 1.13. The largest absolute Gasteiger partial charge is 0.325 e. The first-order valence-electron chi connectivity index (χ1n) is 7.49. The van der Waals surface area contributed by atoms with Crippen molar-refractivity contribution in [3.8, 4) is 0 Å². The Morgan fingerprint density at radius 1 is 1.08 bits per heavy atom. The number of anilines is 1. The number of halogens is 2. The predicted octanol–water partition coefficient (Wildman–Crippen LogP) is 2.41. The summed E-state index contributed by atoms with van der Waals surface area (Å²) in [4.78, 5) is 12.0. The third kappa shape index (κ3) is 5.91. The van der Waals surface area contributed by atoms with Crippen molar-refractivity contribution in [3.05, 3.63) is 65.7 Å². The van der Waals surface area contributed by atoms with E-state index in [1.54, 1.807) is 18.2 Å². The second kappa shape index (κ2) is 8.17. The molecule has 8 heteroatoms. The van der Waals surface area contributed by atoms with Crippen molar-refractivity contribution < 1.29 is 22.0 Å². The standard InChI is InChI=1S/C17H18F2N2O3S/c1-25(23,24)21(11-10-13-4-2-3-5-16(13)19)12-17(22)20-15-8-6-14(18)7-9-15/h2-9H,10-12H2,1H3,(H,20,22). The maximum atomic E-state index is 13.6. The lowest BCUT2D eigenvalue weighted by Gasteiger charge is -2.19. The number of sulfonamides is 1. The Labute approximate surface area is 145 Å². The molecule has 0 radical (unpaired) electrons. The minimum Gasteiger partial charge on any atom is -0.325 e. The molecule has 0 spiro atoms. The number of amides is 1. The Balaban J connectivity index is 2.01. The SMILES string of the molecule is CS(=O)(=O)N(CCc1ccccc1F)CC(=O)Nc1ccc(F)cc1. The van der Waals surface area contributed by atoms with Gasteiger partial charge in [0, 0.05) is 12.2 Å². The van der Waals surface area contributed by atoms with Crippen LogP contribution >= 0.6 is 0 Å². The van der Waals surface area contributed by atoms with Gasteiger partial charge in [-0.2, -0.15) is 4.31 Å². The van der Waals surface area contributed by atoms with Crippen LogP contribution in [0.15, 0.2) is 48.5 Å². The molecule has 0 atom stereocenters.